The number of halogens is 1. The number of ketones is 1. The summed E-state index contributed by atoms with van der Waals surface area (Å²) in [5.74, 6) is -0.0911. The second-order valence-corrected chi connectivity index (χ2v) is 6.37. The van der Waals surface area contributed by atoms with E-state index in [0.29, 0.717) is 22.0 Å². The summed E-state index contributed by atoms with van der Waals surface area (Å²) in [7, 11) is 0. The van der Waals surface area contributed by atoms with Crippen LogP contribution in [0.3, 0.4) is 0 Å². The monoisotopic (exact) mass is 380 g/mol. The maximum atomic E-state index is 12.5. The zero-order chi connectivity index (χ0) is 19.4. The molecule has 0 aliphatic heterocycles. The van der Waals surface area contributed by atoms with Gasteiger partial charge in [-0.15, -0.1) is 0 Å². The SMILES string of the molecule is CC(=O)c1ccc(Nc2nccc(C(=O)Nc3cc(Cl)ccc3C)n2)cc1. The van der Waals surface area contributed by atoms with Crippen molar-refractivity contribution in [3.63, 3.8) is 0 Å². The molecule has 3 rings (SSSR count). The Hall–Kier alpha value is -3.25. The van der Waals surface area contributed by atoms with E-state index in [4.69, 9.17) is 11.6 Å². The predicted molar refractivity (Wildman–Crippen MR) is 106 cm³/mol. The molecule has 1 heterocycles. The molecule has 0 radical (unpaired) electrons. The number of aryl methyl sites for hydroxylation is 1. The first-order valence-electron chi connectivity index (χ1n) is 8.21. The second kappa shape index (κ2) is 7.97. The number of aromatic nitrogens is 2. The van der Waals surface area contributed by atoms with Gasteiger partial charge in [0.1, 0.15) is 5.69 Å². The molecule has 0 aliphatic carbocycles. The number of anilines is 3. The molecule has 0 atom stereocenters. The minimum Gasteiger partial charge on any atom is -0.324 e. The summed E-state index contributed by atoms with van der Waals surface area (Å²) in [5, 5.41) is 6.35. The summed E-state index contributed by atoms with van der Waals surface area (Å²) in [4.78, 5) is 32.2. The number of carbonyl (C=O) groups is 2. The van der Waals surface area contributed by atoms with Crippen molar-refractivity contribution >= 4 is 40.6 Å². The Morgan fingerprint density at radius 2 is 1.78 bits per heavy atom. The molecular formula is C20H17ClN4O2. The van der Waals surface area contributed by atoms with Crippen molar-refractivity contribution in [2.24, 2.45) is 0 Å². The Balaban J connectivity index is 1.75. The first-order valence-corrected chi connectivity index (χ1v) is 8.59. The maximum Gasteiger partial charge on any atom is 0.274 e. The summed E-state index contributed by atoms with van der Waals surface area (Å²) < 4.78 is 0. The van der Waals surface area contributed by atoms with Crippen LogP contribution >= 0.6 is 11.6 Å². The van der Waals surface area contributed by atoms with Crippen molar-refractivity contribution in [2.75, 3.05) is 10.6 Å². The summed E-state index contributed by atoms with van der Waals surface area (Å²) in [5.41, 5.74) is 3.06. The molecule has 1 aromatic heterocycles. The Morgan fingerprint density at radius 3 is 2.48 bits per heavy atom. The average molecular weight is 381 g/mol. The van der Waals surface area contributed by atoms with Crippen LogP contribution < -0.4 is 10.6 Å². The van der Waals surface area contributed by atoms with E-state index in [9.17, 15) is 9.59 Å². The lowest BCUT2D eigenvalue weighted by molar-refractivity contribution is 0.101. The maximum absolute atomic E-state index is 12.5. The molecule has 0 saturated carbocycles. The molecule has 27 heavy (non-hydrogen) atoms. The number of hydrogen-bond acceptors (Lipinski definition) is 5. The molecular weight excluding hydrogens is 364 g/mol. The number of rotatable bonds is 5. The molecule has 3 aromatic rings. The van der Waals surface area contributed by atoms with Gasteiger partial charge in [0.2, 0.25) is 5.95 Å². The van der Waals surface area contributed by atoms with E-state index in [1.807, 2.05) is 13.0 Å². The summed E-state index contributed by atoms with van der Waals surface area (Å²) in [6.45, 7) is 3.39. The lowest BCUT2D eigenvalue weighted by Crippen LogP contribution is -2.15. The summed E-state index contributed by atoms with van der Waals surface area (Å²) in [6.07, 6.45) is 1.50. The van der Waals surface area contributed by atoms with Gasteiger partial charge in [-0.2, -0.15) is 0 Å². The smallest absolute Gasteiger partial charge is 0.274 e. The third kappa shape index (κ3) is 4.68. The second-order valence-electron chi connectivity index (χ2n) is 5.94. The molecule has 0 unspecified atom stereocenters. The van der Waals surface area contributed by atoms with Crippen molar-refractivity contribution in [2.45, 2.75) is 13.8 Å². The molecule has 0 bridgehead atoms. The van der Waals surface area contributed by atoms with Crippen molar-refractivity contribution in [1.29, 1.82) is 0 Å². The largest absolute Gasteiger partial charge is 0.324 e. The van der Waals surface area contributed by atoms with Gasteiger partial charge in [0.05, 0.1) is 0 Å². The standard InChI is InChI=1S/C20H17ClN4O2/c1-12-3-6-15(21)11-18(12)24-19(27)17-9-10-22-20(25-17)23-16-7-4-14(5-8-16)13(2)26/h3-11H,1-2H3,(H,24,27)(H,22,23,25). The van der Waals surface area contributed by atoms with E-state index in [-0.39, 0.29) is 23.3 Å². The van der Waals surface area contributed by atoms with Gasteiger partial charge in [-0.3, -0.25) is 9.59 Å². The predicted octanol–water partition coefficient (Wildman–Crippen LogP) is 4.64. The van der Waals surface area contributed by atoms with E-state index in [1.165, 1.54) is 19.2 Å². The van der Waals surface area contributed by atoms with Crippen LogP contribution in [0, 0.1) is 6.92 Å². The number of Topliss-reactive ketones (excluding diaryl/α,β-unsaturated/α-hetero) is 1. The lowest BCUT2D eigenvalue weighted by Gasteiger charge is -2.10. The van der Waals surface area contributed by atoms with Gasteiger partial charge in [0, 0.05) is 28.2 Å². The Labute approximate surface area is 161 Å². The van der Waals surface area contributed by atoms with Crippen LogP contribution in [0.4, 0.5) is 17.3 Å². The molecule has 0 saturated heterocycles. The zero-order valence-electron chi connectivity index (χ0n) is 14.8. The van der Waals surface area contributed by atoms with E-state index in [1.54, 1.807) is 36.4 Å². The average Bonchev–Trinajstić information content (AvgIpc) is 2.65. The van der Waals surface area contributed by atoms with Gasteiger partial charge in [0.15, 0.2) is 5.78 Å². The van der Waals surface area contributed by atoms with Crippen molar-refractivity contribution in [3.8, 4) is 0 Å². The quantitative estimate of drug-likeness (QED) is 0.630. The summed E-state index contributed by atoms with van der Waals surface area (Å²) in [6, 6.07) is 13.7. The van der Waals surface area contributed by atoms with E-state index in [0.717, 1.165) is 5.56 Å². The minimum atomic E-state index is -0.363. The van der Waals surface area contributed by atoms with E-state index >= 15 is 0 Å². The Bertz CT molecular complexity index is 1000. The number of amides is 1. The van der Waals surface area contributed by atoms with Gasteiger partial charge < -0.3 is 10.6 Å². The Kier molecular flexibility index (Phi) is 5.47. The highest BCUT2D eigenvalue weighted by molar-refractivity contribution is 6.31. The third-order valence-electron chi connectivity index (χ3n) is 3.88. The fourth-order valence-electron chi connectivity index (χ4n) is 2.38. The van der Waals surface area contributed by atoms with Crippen molar-refractivity contribution in [1.82, 2.24) is 9.97 Å². The van der Waals surface area contributed by atoms with Crippen molar-refractivity contribution < 1.29 is 9.59 Å². The molecule has 6 nitrogen and oxygen atoms in total. The van der Waals surface area contributed by atoms with Crippen LogP contribution in [-0.4, -0.2) is 21.7 Å². The van der Waals surface area contributed by atoms with Crippen LogP contribution in [0.25, 0.3) is 0 Å². The normalized spacial score (nSPS) is 10.3. The van der Waals surface area contributed by atoms with Crippen LogP contribution in [0.2, 0.25) is 5.02 Å². The molecule has 1 amide bonds. The molecule has 0 aliphatic rings. The van der Waals surface area contributed by atoms with Crippen molar-refractivity contribution in [3.05, 3.63) is 76.6 Å². The lowest BCUT2D eigenvalue weighted by atomic mass is 10.1. The molecule has 0 fully saturated rings. The first-order chi connectivity index (χ1) is 12.9. The van der Waals surface area contributed by atoms with Crippen LogP contribution in [-0.2, 0) is 0 Å². The minimum absolute atomic E-state index is 0.00669. The van der Waals surface area contributed by atoms with E-state index < -0.39 is 0 Å². The van der Waals surface area contributed by atoms with Gasteiger partial charge >= 0.3 is 0 Å². The first kappa shape index (κ1) is 18.5. The molecule has 0 spiro atoms. The molecule has 7 heteroatoms. The van der Waals surface area contributed by atoms with Gasteiger partial charge in [0.25, 0.3) is 5.91 Å². The van der Waals surface area contributed by atoms with Crippen LogP contribution in [0.1, 0.15) is 33.3 Å². The number of nitrogens with zero attached hydrogens (tertiary/aromatic N) is 2. The number of hydrogen-bond donors (Lipinski definition) is 2. The van der Waals surface area contributed by atoms with Crippen LogP contribution in [0.5, 0.6) is 0 Å². The van der Waals surface area contributed by atoms with Gasteiger partial charge in [-0.25, -0.2) is 9.97 Å². The van der Waals surface area contributed by atoms with E-state index in [2.05, 4.69) is 20.6 Å². The highest BCUT2D eigenvalue weighted by atomic mass is 35.5. The fourth-order valence-corrected chi connectivity index (χ4v) is 2.55. The van der Waals surface area contributed by atoms with Gasteiger partial charge in [-0.1, -0.05) is 17.7 Å². The molecule has 136 valence electrons. The summed E-state index contributed by atoms with van der Waals surface area (Å²) >= 11 is 5.98. The highest BCUT2D eigenvalue weighted by Gasteiger charge is 2.11. The van der Waals surface area contributed by atoms with Gasteiger partial charge in [-0.05, 0) is 61.9 Å². The fraction of sp³-hybridized carbons (Fsp3) is 0.100. The number of carbonyl (C=O) groups excluding carboxylic acids is 2. The number of benzene rings is 2. The topological polar surface area (TPSA) is 84.0 Å². The number of nitrogens with one attached hydrogen (secondary N) is 2. The molecule has 2 aromatic carbocycles. The highest BCUT2D eigenvalue weighted by Crippen LogP contribution is 2.21. The zero-order valence-corrected chi connectivity index (χ0v) is 15.5. The van der Waals surface area contributed by atoms with Crippen LogP contribution in [0.15, 0.2) is 54.7 Å². The third-order valence-corrected chi connectivity index (χ3v) is 4.12. The Morgan fingerprint density at radius 1 is 1.04 bits per heavy atom. The molecule has 2 N–H and O–H groups in total.